The van der Waals surface area contributed by atoms with Gasteiger partial charge in [-0.1, -0.05) is 17.3 Å². The minimum absolute atomic E-state index is 0.144. The van der Waals surface area contributed by atoms with Crippen LogP contribution in [0.15, 0.2) is 59.1 Å². The molecule has 0 bridgehead atoms. The maximum absolute atomic E-state index is 12.5. The Morgan fingerprint density at radius 2 is 1.72 bits per heavy atom. The molecule has 0 saturated carbocycles. The topological polar surface area (TPSA) is 96.2 Å². The first-order valence-electron chi connectivity index (χ1n) is 10.7. The summed E-state index contributed by atoms with van der Waals surface area (Å²) >= 11 is 0. The molecule has 2 N–H and O–H groups in total. The average molecular weight is 431 g/mol. The van der Waals surface area contributed by atoms with Gasteiger partial charge >= 0.3 is 0 Å². The van der Waals surface area contributed by atoms with Crippen molar-refractivity contribution in [2.75, 3.05) is 28.6 Å². The first kappa shape index (κ1) is 21.3. The monoisotopic (exact) mass is 430 g/mol. The fourth-order valence-electron chi connectivity index (χ4n) is 3.53. The number of aromatic nitrogens is 3. The van der Waals surface area contributed by atoms with Gasteiger partial charge in [-0.25, -0.2) is 9.97 Å². The van der Waals surface area contributed by atoms with Gasteiger partial charge in [-0.15, -0.1) is 0 Å². The number of carbonyl (C=O) groups excluding carboxylic acids is 1. The number of rotatable bonds is 8. The van der Waals surface area contributed by atoms with E-state index in [9.17, 15) is 4.79 Å². The van der Waals surface area contributed by atoms with Crippen LogP contribution in [-0.2, 0) is 11.2 Å². The molecule has 0 spiro atoms. The standard InChI is InChI=1S/C24H26N6O2/c1-4-30(5-2)23-15-22(25-16(3)26-23)27-17-10-12-18(13-11-17)28-24(31)14-20-19-8-6-7-9-21(19)32-29-20/h6-13,15H,4-5,14H2,1-3H3,(H,28,31)(H,25,26,27). The minimum Gasteiger partial charge on any atom is -0.357 e. The molecule has 4 rings (SSSR count). The largest absolute Gasteiger partial charge is 0.357 e. The van der Waals surface area contributed by atoms with Crippen LogP contribution in [0, 0.1) is 6.92 Å². The van der Waals surface area contributed by atoms with Crippen molar-refractivity contribution in [3.05, 3.63) is 66.1 Å². The fourth-order valence-corrected chi connectivity index (χ4v) is 3.53. The van der Waals surface area contributed by atoms with Crippen LogP contribution in [0.5, 0.6) is 0 Å². The first-order chi connectivity index (χ1) is 15.6. The lowest BCUT2D eigenvalue weighted by atomic mass is 10.1. The highest BCUT2D eigenvalue weighted by atomic mass is 16.5. The first-order valence-corrected chi connectivity index (χ1v) is 10.7. The maximum Gasteiger partial charge on any atom is 0.230 e. The fraction of sp³-hybridized carbons (Fsp3) is 0.250. The van der Waals surface area contributed by atoms with Crippen molar-refractivity contribution in [1.29, 1.82) is 0 Å². The third kappa shape index (κ3) is 4.85. The second-order valence-electron chi connectivity index (χ2n) is 7.38. The van der Waals surface area contributed by atoms with Gasteiger partial charge in [0.2, 0.25) is 5.91 Å². The van der Waals surface area contributed by atoms with E-state index in [4.69, 9.17) is 4.52 Å². The van der Waals surface area contributed by atoms with Gasteiger partial charge in [-0.2, -0.15) is 0 Å². The second kappa shape index (κ2) is 9.47. The molecule has 0 radical (unpaired) electrons. The molecular formula is C24H26N6O2. The summed E-state index contributed by atoms with van der Waals surface area (Å²) < 4.78 is 5.27. The van der Waals surface area contributed by atoms with Crippen LogP contribution < -0.4 is 15.5 Å². The number of hydrogen-bond acceptors (Lipinski definition) is 7. The van der Waals surface area contributed by atoms with Crippen molar-refractivity contribution >= 4 is 39.9 Å². The molecular weight excluding hydrogens is 404 g/mol. The van der Waals surface area contributed by atoms with Crippen LogP contribution in [0.25, 0.3) is 11.0 Å². The smallest absolute Gasteiger partial charge is 0.230 e. The van der Waals surface area contributed by atoms with Crippen LogP contribution in [-0.4, -0.2) is 34.1 Å². The van der Waals surface area contributed by atoms with Crippen molar-refractivity contribution in [2.45, 2.75) is 27.2 Å². The Hall–Kier alpha value is -3.94. The molecule has 0 aliphatic carbocycles. The van der Waals surface area contributed by atoms with Crippen LogP contribution >= 0.6 is 0 Å². The van der Waals surface area contributed by atoms with Gasteiger partial charge in [0.15, 0.2) is 5.58 Å². The number of para-hydroxylation sites is 1. The lowest BCUT2D eigenvalue weighted by Crippen LogP contribution is -2.23. The highest BCUT2D eigenvalue weighted by Crippen LogP contribution is 2.22. The van der Waals surface area contributed by atoms with E-state index in [0.717, 1.165) is 35.8 Å². The van der Waals surface area contributed by atoms with Gasteiger partial charge < -0.3 is 20.1 Å². The van der Waals surface area contributed by atoms with Gasteiger partial charge in [-0.3, -0.25) is 4.79 Å². The number of anilines is 4. The maximum atomic E-state index is 12.5. The Bertz CT molecular complexity index is 1210. The van der Waals surface area contributed by atoms with Gasteiger partial charge in [-0.05, 0) is 57.2 Å². The predicted molar refractivity (Wildman–Crippen MR) is 126 cm³/mol. The Morgan fingerprint density at radius 3 is 2.47 bits per heavy atom. The molecule has 0 atom stereocenters. The van der Waals surface area contributed by atoms with Crippen LogP contribution in [0.2, 0.25) is 0 Å². The van der Waals surface area contributed by atoms with E-state index >= 15 is 0 Å². The molecule has 1 amide bonds. The molecule has 0 fully saturated rings. The summed E-state index contributed by atoms with van der Waals surface area (Å²) in [4.78, 5) is 23.7. The zero-order valence-corrected chi connectivity index (χ0v) is 18.4. The summed E-state index contributed by atoms with van der Waals surface area (Å²) in [6, 6.07) is 16.9. The molecule has 32 heavy (non-hydrogen) atoms. The number of nitrogens with one attached hydrogen (secondary N) is 2. The summed E-state index contributed by atoms with van der Waals surface area (Å²) in [6.45, 7) is 7.85. The van der Waals surface area contributed by atoms with Gasteiger partial charge in [0.25, 0.3) is 0 Å². The molecule has 164 valence electrons. The Balaban J connectivity index is 1.40. The molecule has 2 aromatic heterocycles. The summed E-state index contributed by atoms with van der Waals surface area (Å²) in [6.07, 6.45) is 0.144. The van der Waals surface area contributed by atoms with E-state index < -0.39 is 0 Å². The van der Waals surface area contributed by atoms with Gasteiger partial charge in [0.1, 0.15) is 23.2 Å². The van der Waals surface area contributed by atoms with E-state index in [1.54, 1.807) is 0 Å². The summed E-state index contributed by atoms with van der Waals surface area (Å²) in [5.41, 5.74) is 2.87. The normalized spacial score (nSPS) is 10.8. The molecule has 2 aromatic carbocycles. The van der Waals surface area contributed by atoms with Crippen LogP contribution in [0.3, 0.4) is 0 Å². The molecule has 8 heteroatoms. The number of benzene rings is 2. The number of carbonyl (C=O) groups is 1. The van der Waals surface area contributed by atoms with E-state index in [2.05, 4.69) is 44.5 Å². The van der Waals surface area contributed by atoms with Crippen molar-refractivity contribution < 1.29 is 9.32 Å². The van der Waals surface area contributed by atoms with Crippen molar-refractivity contribution in [3.63, 3.8) is 0 Å². The Morgan fingerprint density at radius 1 is 1.00 bits per heavy atom. The molecule has 0 unspecified atom stereocenters. The predicted octanol–water partition coefficient (Wildman–Crippen LogP) is 4.70. The van der Waals surface area contributed by atoms with Gasteiger partial charge in [0.05, 0.1) is 6.42 Å². The van der Waals surface area contributed by atoms with Crippen molar-refractivity contribution in [2.24, 2.45) is 0 Å². The van der Waals surface area contributed by atoms with Crippen molar-refractivity contribution in [1.82, 2.24) is 15.1 Å². The van der Waals surface area contributed by atoms with Crippen LogP contribution in [0.4, 0.5) is 23.0 Å². The molecule has 4 aromatic rings. The minimum atomic E-state index is -0.153. The lowest BCUT2D eigenvalue weighted by Gasteiger charge is -2.20. The van der Waals surface area contributed by atoms with E-state index in [0.29, 0.717) is 22.8 Å². The molecule has 0 aliphatic heterocycles. The molecule has 8 nitrogen and oxygen atoms in total. The molecule has 0 saturated heterocycles. The third-order valence-corrected chi connectivity index (χ3v) is 5.13. The van der Waals surface area contributed by atoms with E-state index in [-0.39, 0.29) is 12.3 Å². The number of fused-ring (bicyclic) bond motifs is 1. The molecule has 2 heterocycles. The summed E-state index contributed by atoms with van der Waals surface area (Å²) in [7, 11) is 0. The zero-order chi connectivity index (χ0) is 22.5. The van der Waals surface area contributed by atoms with E-state index in [1.807, 2.05) is 61.5 Å². The van der Waals surface area contributed by atoms with Crippen molar-refractivity contribution in [3.8, 4) is 0 Å². The number of aryl methyl sites for hydroxylation is 1. The number of amides is 1. The summed E-state index contributed by atoms with van der Waals surface area (Å²) in [5, 5.41) is 11.1. The third-order valence-electron chi connectivity index (χ3n) is 5.13. The quantitative estimate of drug-likeness (QED) is 0.418. The van der Waals surface area contributed by atoms with Gasteiger partial charge in [0, 0.05) is 35.9 Å². The van der Waals surface area contributed by atoms with E-state index in [1.165, 1.54) is 0 Å². The molecule has 0 aliphatic rings. The second-order valence-corrected chi connectivity index (χ2v) is 7.38. The average Bonchev–Trinajstić information content (AvgIpc) is 3.18. The Labute approximate surface area is 186 Å². The summed E-state index contributed by atoms with van der Waals surface area (Å²) in [5.74, 6) is 2.18. The highest BCUT2D eigenvalue weighted by molar-refractivity contribution is 5.94. The highest BCUT2D eigenvalue weighted by Gasteiger charge is 2.12. The zero-order valence-electron chi connectivity index (χ0n) is 18.4. The number of hydrogen-bond donors (Lipinski definition) is 2. The lowest BCUT2D eigenvalue weighted by molar-refractivity contribution is -0.115. The number of nitrogens with zero attached hydrogens (tertiary/aromatic N) is 4. The van der Waals surface area contributed by atoms with Crippen LogP contribution in [0.1, 0.15) is 25.4 Å². The SMILES string of the molecule is CCN(CC)c1cc(Nc2ccc(NC(=O)Cc3noc4ccccc34)cc2)nc(C)n1. The Kier molecular flexibility index (Phi) is 6.30.